The van der Waals surface area contributed by atoms with Gasteiger partial charge in [-0.1, -0.05) is 18.2 Å². The highest BCUT2D eigenvalue weighted by Gasteiger charge is 2.08. The molecule has 0 atom stereocenters. The molecule has 0 radical (unpaired) electrons. The molecule has 0 aliphatic rings. The van der Waals surface area contributed by atoms with Crippen molar-refractivity contribution < 1.29 is 14.3 Å². The van der Waals surface area contributed by atoms with Crippen LogP contribution in [-0.4, -0.2) is 36.7 Å². The fraction of sp³-hybridized carbons (Fsp3) is 0.150. The Labute approximate surface area is 156 Å². The molecule has 2 aromatic carbocycles. The molecule has 0 aliphatic carbocycles. The second-order valence-corrected chi connectivity index (χ2v) is 5.91. The van der Waals surface area contributed by atoms with Crippen LogP contribution in [0.5, 0.6) is 5.75 Å². The summed E-state index contributed by atoms with van der Waals surface area (Å²) < 4.78 is 5.04. The van der Waals surface area contributed by atoms with Gasteiger partial charge in [-0.15, -0.1) is 0 Å². The van der Waals surface area contributed by atoms with Crippen molar-refractivity contribution in [3.63, 3.8) is 0 Å². The molecule has 0 aliphatic heterocycles. The van der Waals surface area contributed by atoms with Gasteiger partial charge in [0.25, 0.3) is 11.8 Å². The number of nitrogens with one attached hydrogen (secondary N) is 3. The lowest BCUT2D eigenvalue weighted by atomic mass is 10.1. The monoisotopic (exact) mass is 364 g/mol. The van der Waals surface area contributed by atoms with E-state index in [0.717, 1.165) is 22.2 Å². The number of hydrazone groups is 1. The van der Waals surface area contributed by atoms with E-state index in [1.54, 1.807) is 37.6 Å². The predicted octanol–water partition coefficient (Wildman–Crippen LogP) is 2.37. The van der Waals surface area contributed by atoms with Gasteiger partial charge in [0.1, 0.15) is 5.75 Å². The third-order valence-electron chi connectivity index (χ3n) is 4.09. The average Bonchev–Trinajstić information content (AvgIpc) is 3.01. The minimum Gasteiger partial charge on any atom is -0.497 e. The third kappa shape index (κ3) is 4.33. The van der Waals surface area contributed by atoms with E-state index >= 15 is 0 Å². The van der Waals surface area contributed by atoms with Gasteiger partial charge >= 0.3 is 0 Å². The molecule has 0 unspecified atom stereocenters. The van der Waals surface area contributed by atoms with Crippen LogP contribution in [0.2, 0.25) is 0 Å². The molecule has 2 amide bonds. The number of carbonyl (C=O) groups is 2. The number of amides is 2. The Balaban J connectivity index is 1.53. The number of benzene rings is 2. The Morgan fingerprint density at radius 1 is 1.15 bits per heavy atom. The first-order chi connectivity index (χ1) is 13.1. The first-order valence-electron chi connectivity index (χ1n) is 8.40. The van der Waals surface area contributed by atoms with Crippen LogP contribution in [-0.2, 0) is 4.79 Å². The topological polar surface area (TPSA) is 95.6 Å². The number of methoxy groups -OCH3 is 1. The summed E-state index contributed by atoms with van der Waals surface area (Å²) in [6.07, 6.45) is 1.59. The standard InChI is InChI=1S/C20H20N4O3/c1-13-17(16-5-3-4-6-18(16)23-13)11-22-24-19(25)12-21-20(26)14-7-9-15(27-2)10-8-14/h3-11,23H,12H2,1-2H3,(H,21,26)(H,24,25)/b22-11-. The van der Waals surface area contributed by atoms with E-state index < -0.39 is 5.91 Å². The van der Waals surface area contributed by atoms with E-state index in [2.05, 4.69) is 20.8 Å². The van der Waals surface area contributed by atoms with Crippen LogP contribution < -0.4 is 15.5 Å². The Morgan fingerprint density at radius 3 is 2.63 bits per heavy atom. The van der Waals surface area contributed by atoms with E-state index in [1.165, 1.54) is 0 Å². The van der Waals surface area contributed by atoms with Crippen LogP contribution in [0.3, 0.4) is 0 Å². The Morgan fingerprint density at radius 2 is 1.89 bits per heavy atom. The Bertz CT molecular complexity index is 990. The van der Waals surface area contributed by atoms with Crippen molar-refractivity contribution in [1.29, 1.82) is 0 Å². The summed E-state index contributed by atoms with van der Waals surface area (Å²) in [5.41, 5.74) is 5.75. The highest BCUT2D eigenvalue weighted by Crippen LogP contribution is 2.19. The summed E-state index contributed by atoms with van der Waals surface area (Å²) >= 11 is 0. The molecule has 7 heteroatoms. The molecule has 1 aromatic heterocycles. The lowest BCUT2D eigenvalue weighted by Crippen LogP contribution is -2.34. The fourth-order valence-corrected chi connectivity index (χ4v) is 2.68. The molecule has 0 spiro atoms. The van der Waals surface area contributed by atoms with Crippen molar-refractivity contribution in [3.8, 4) is 5.75 Å². The smallest absolute Gasteiger partial charge is 0.259 e. The highest BCUT2D eigenvalue weighted by atomic mass is 16.5. The Kier molecular flexibility index (Phi) is 5.51. The van der Waals surface area contributed by atoms with E-state index in [0.29, 0.717) is 11.3 Å². The van der Waals surface area contributed by atoms with Gasteiger partial charge in [0, 0.05) is 27.7 Å². The number of aryl methyl sites for hydroxylation is 1. The molecule has 3 aromatic rings. The van der Waals surface area contributed by atoms with Gasteiger partial charge in [-0.2, -0.15) is 5.10 Å². The number of carbonyl (C=O) groups excluding carboxylic acids is 2. The molecule has 27 heavy (non-hydrogen) atoms. The zero-order chi connectivity index (χ0) is 19.2. The van der Waals surface area contributed by atoms with Gasteiger partial charge in [-0.3, -0.25) is 9.59 Å². The number of ether oxygens (including phenoxy) is 1. The number of aromatic amines is 1. The number of rotatable bonds is 6. The van der Waals surface area contributed by atoms with Crippen molar-refractivity contribution in [2.75, 3.05) is 13.7 Å². The molecule has 3 N–H and O–H groups in total. The van der Waals surface area contributed by atoms with Gasteiger partial charge < -0.3 is 15.0 Å². The number of hydrogen-bond acceptors (Lipinski definition) is 4. The van der Waals surface area contributed by atoms with Crippen molar-refractivity contribution >= 4 is 28.9 Å². The van der Waals surface area contributed by atoms with E-state index in [9.17, 15) is 9.59 Å². The van der Waals surface area contributed by atoms with Crippen molar-refractivity contribution in [1.82, 2.24) is 15.7 Å². The maximum absolute atomic E-state index is 12.0. The predicted molar refractivity (Wildman–Crippen MR) is 104 cm³/mol. The average molecular weight is 364 g/mol. The zero-order valence-electron chi connectivity index (χ0n) is 15.1. The van der Waals surface area contributed by atoms with Crippen LogP contribution in [0.1, 0.15) is 21.6 Å². The molecule has 0 fully saturated rings. The van der Waals surface area contributed by atoms with E-state index in [-0.39, 0.29) is 12.5 Å². The summed E-state index contributed by atoms with van der Waals surface area (Å²) in [7, 11) is 1.55. The van der Waals surface area contributed by atoms with Crippen LogP contribution in [0.4, 0.5) is 0 Å². The van der Waals surface area contributed by atoms with Crippen LogP contribution in [0.15, 0.2) is 53.6 Å². The SMILES string of the molecule is COc1ccc(C(=O)NCC(=O)N/N=C\c2c(C)[nH]c3ccccc23)cc1. The molecule has 1 heterocycles. The number of aromatic nitrogens is 1. The summed E-state index contributed by atoms with van der Waals surface area (Å²) in [5.74, 6) is -0.0962. The van der Waals surface area contributed by atoms with E-state index in [1.807, 2.05) is 31.2 Å². The zero-order valence-corrected chi connectivity index (χ0v) is 15.1. The fourth-order valence-electron chi connectivity index (χ4n) is 2.68. The summed E-state index contributed by atoms with van der Waals surface area (Å²) in [5, 5.41) is 7.56. The lowest BCUT2D eigenvalue weighted by Gasteiger charge is -2.05. The second kappa shape index (κ2) is 8.18. The van der Waals surface area contributed by atoms with Gasteiger partial charge in [-0.25, -0.2) is 5.43 Å². The molecular weight excluding hydrogens is 344 g/mol. The summed E-state index contributed by atoms with van der Waals surface area (Å²) in [6.45, 7) is 1.77. The molecule has 0 bridgehead atoms. The van der Waals surface area contributed by atoms with Crippen molar-refractivity contribution in [2.24, 2.45) is 5.10 Å². The first kappa shape index (κ1) is 18.2. The van der Waals surface area contributed by atoms with Crippen LogP contribution >= 0.6 is 0 Å². The normalized spacial score (nSPS) is 10.9. The quantitative estimate of drug-likeness (QED) is 0.463. The largest absolute Gasteiger partial charge is 0.497 e. The molecule has 138 valence electrons. The van der Waals surface area contributed by atoms with Crippen LogP contribution in [0.25, 0.3) is 10.9 Å². The summed E-state index contributed by atoms with van der Waals surface area (Å²) in [4.78, 5) is 27.2. The minimum atomic E-state index is -0.411. The number of nitrogens with zero attached hydrogens (tertiary/aromatic N) is 1. The molecule has 3 rings (SSSR count). The summed E-state index contributed by atoms with van der Waals surface area (Å²) in [6, 6.07) is 14.5. The second-order valence-electron chi connectivity index (χ2n) is 5.91. The number of H-pyrrole nitrogens is 1. The molecule has 7 nitrogen and oxygen atoms in total. The number of para-hydroxylation sites is 1. The van der Waals surface area contributed by atoms with Crippen molar-refractivity contribution in [3.05, 3.63) is 65.4 Å². The maximum Gasteiger partial charge on any atom is 0.259 e. The maximum atomic E-state index is 12.0. The number of hydrogen-bond donors (Lipinski definition) is 3. The first-order valence-corrected chi connectivity index (χ1v) is 8.40. The van der Waals surface area contributed by atoms with Crippen LogP contribution in [0, 0.1) is 6.92 Å². The van der Waals surface area contributed by atoms with Crippen molar-refractivity contribution in [2.45, 2.75) is 6.92 Å². The van der Waals surface area contributed by atoms with Gasteiger partial charge in [0.15, 0.2) is 0 Å². The van der Waals surface area contributed by atoms with Gasteiger partial charge in [0.05, 0.1) is 19.9 Å². The molecular formula is C20H20N4O3. The molecule has 0 saturated heterocycles. The van der Waals surface area contributed by atoms with E-state index in [4.69, 9.17) is 4.74 Å². The lowest BCUT2D eigenvalue weighted by molar-refractivity contribution is -0.120. The minimum absolute atomic E-state index is 0.172. The highest BCUT2D eigenvalue weighted by molar-refractivity contribution is 6.01. The van der Waals surface area contributed by atoms with Gasteiger partial charge in [-0.05, 0) is 37.3 Å². The third-order valence-corrected chi connectivity index (χ3v) is 4.09. The Hall–Kier alpha value is -3.61. The number of fused-ring (bicyclic) bond motifs is 1. The molecule has 0 saturated carbocycles. The van der Waals surface area contributed by atoms with Gasteiger partial charge in [0.2, 0.25) is 0 Å².